The molecule has 1 aromatic heterocycles. The summed E-state index contributed by atoms with van der Waals surface area (Å²) in [7, 11) is 0. The fraction of sp³-hybridized carbons (Fsp3) is 0.182. The number of rotatable bonds is 4. The molecular formula is C11H12FN3S. The molecular weight excluding hydrogens is 225 g/mol. The normalized spacial score (nSPS) is 10.4. The Morgan fingerprint density at radius 1 is 1.31 bits per heavy atom. The third-order valence-corrected chi connectivity index (χ3v) is 2.85. The van der Waals surface area contributed by atoms with Crippen molar-refractivity contribution < 1.29 is 4.39 Å². The maximum absolute atomic E-state index is 12.7. The van der Waals surface area contributed by atoms with Gasteiger partial charge in [-0.05, 0) is 30.8 Å². The van der Waals surface area contributed by atoms with Crippen molar-refractivity contribution >= 4 is 22.2 Å². The maximum Gasteiger partial charge on any atom is 0.187 e. The Morgan fingerprint density at radius 3 is 2.75 bits per heavy atom. The summed E-state index contributed by atoms with van der Waals surface area (Å²) >= 11 is 1.52. The van der Waals surface area contributed by atoms with E-state index in [1.807, 2.05) is 5.38 Å². The third kappa shape index (κ3) is 2.77. The van der Waals surface area contributed by atoms with Crippen molar-refractivity contribution in [3.63, 3.8) is 0 Å². The van der Waals surface area contributed by atoms with Crippen LogP contribution in [0.25, 0.3) is 0 Å². The standard InChI is InChI=1S/C11H12FN3S/c12-8-1-3-9(4-2-8)14-11-15-10(5-6-13)7-16-11/h1-4,7H,5-6,13H2,(H,14,15). The monoisotopic (exact) mass is 237 g/mol. The minimum absolute atomic E-state index is 0.242. The first-order valence-electron chi connectivity index (χ1n) is 4.95. The van der Waals surface area contributed by atoms with Crippen LogP contribution in [0.3, 0.4) is 0 Å². The number of hydrogen-bond donors (Lipinski definition) is 2. The van der Waals surface area contributed by atoms with Crippen LogP contribution in [0.1, 0.15) is 5.69 Å². The fourth-order valence-electron chi connectivity index (χ4n) is 1.28. The molecule has 0 fully saturated rings. The average molecular weight is 237 g/mol. The van der Waals surface area contributed by atoms with E-state index in [9.17, 15) is 4.39 Å². The molecule has 0 atom stereocenters. The SMILES string of the molecule is NCCc1csc(Nc2ccc(F)cc2)n1. The summed E-state index contributed by atoms with van der Waals surface area (Å²) in [5.41, 5.74) is 7.25. The molecule has 2 aromatic rings. The minimum Gasteiger partial charge on any atom is -0.332 e. The van der Waals surface area contributed by atoms with E-state index in [-0.39, 0.29) is 5.82 Å². The number of nitrogens with one attached hydrogen (secondary N) is 1. The zero-order chi connectivity index (χ0) is 11.4. The molecule has 0 aliphatic rings. The number of halogens is 1. The highest BCUT2D eigenvalue weighted by Gasteiger charge is 2.01. The van der Waals surface area contributed by atoms with E-state index in [0.29, 0.717) is 6.54 Å². The molecule has 0 saturated carbocycles. The van der Waals surface area contributed by atoms with E-state index in [2.05, 4.69) is 10.3 Å². The number of aromatic nitrogens is 1. The number of thiazole rings is 1. The summed E-state index contributed by atoms with van der Waals surface area (Å²) in [6.45, 7) is 0.597. The van der Waals surface area contributed by atoms with E-state index >= 15 is 0 Å². The van der Waals surface area contributed by atoms with E-state index in [4.69, 9.17) is 5.73 Å². The molecule has 16 heavy (non-hydrogen) atoms. The molecule has 0 aliphatic heterocycles. The first-order chi connectivity index (χ1) is 7.78. The zero-order valence-electron chi connectivity index (χ0n) is 8.61. The molecule has 0 radical (unpaired) electrons. The molecule has 0 spiro atoms. The minimum atomic E-state index is -0.242. The first kappa shape index (κ1) is 11.0. The van der Waals surface area contributed by atoms with Gasteiger partial charge in [-0.2, -0.15) is 0 Å². The third-order valence-electron chi connectivity index (χ3n) is 2.05. The lowest BCUT2D eigenvalue weighted by molar-refractivity contribution is 0.628. The number of hydrogen-bond acceptors (Lipinski definition) is 4. The number of anilines is 2. The molecule has 0 bridgehead atoms. The molecule has 0 saturated heterocycles. The molecule has 0 unspecified atom stereocenters. The van der Waals surface area contributed by atoms with Crippen molar-refractivity contribution in [1.29, 1.82) is 0 Å². The second-order valence-corrected chi connectivity index (χ2v) is 4.17. The average Bonchev–Trinajstić information content (AvgIpc) is 2.70. The van der Waals surface area contributed by atoms with Crippen molar-refractivity contribution in [1.82, 2.24) is 4.98 Å². The Labute approximate surface area is 97.1 Å². The van der Waals surface area contributed by atoms with Crippen LogP contribution in [-0.4, -0.2) is 11.5 Å². The summed E-state index contributed by atoms with van der Waals surface area (Å²) in [6.07, 6.45) is 0.779. The first-order valence-corrected chi connectivity index (χ1v) is 5.83. The van der Waals surface area contributed by atoms with E-state index in [1.54, 1.807) is 12.1 Å². The van der Waals surface area contributed by atoms with Gasteiger partial charge in [-0.1, -0.05) is 0 Å². The highest BCUT2D eigenvalue weighted by Crippen LogP contribution is 2.21. The summed E-state index contributed by atoms with van der Waals surface area (Å²) in [5.74, 6) is -0.242. The molecule has 84 valence electrons. The highest BCUT2D eigenvalue weighted by atomic mass is 32.1. The van der Waals surface area contributed by atoms with Crippen LogP contribution >= 0.6 is 11.3 Å². The van der Waals surface area contributed by atoms with Crippen molar-refractivity contribution in [3.05, 3.63) is 41.2 Å². The number of nitrogens with two attached hydrogens (primary N) is 1. The predicted molar refractivity (Wildman–Crippen MR) is 64.6 cm³/mol. The van der Waals surface area contributed by atoms with Gasteiger partial charge >= 0.3 is 0 Å². The van der Waals surface area contributed by atoms with Gasteiger partial charge in [-0.25, -0.2) is 9.37 Å². The van der Waals surface area contributed by atoms with Gasteiger partial charge in [0.15, 0.2) is 5.13 Å². The second kappa shape index (κ2) is 5.05. The summed E-state index contributed by atoms with van der Waals surface area (Å²) in [4.78, 5) is 4.35. The van der Waals surface area contributed by atoms with Crippen LogP contribution in [0.15, 0.2) is 29.6 Å². The van der Waals surface area contributed by atoms with E-state index < -0.39 is 0 Å². The predicted octanol–water partition coefficient (Wildman–Crippen LogP) is 2.53. The van der Waals surface area contributed by atoms with Crippen molar-refractivity contribution in [2.75, 3.05) is 11.9 Å². The van der Waals surface area contributed by atoms with Crippen LogP contribution in [-0.2, 0) is 6.42 Å². The Hall–Kier alpha value is -1.46. The second-order valence-electron chi connectivity index (χ2n) is 3.31. The smallest absolute Gasteiger partial charge is 0.187 e. The van der Waals surface area contributed by atoms with Crippen LogP contribution in [0, 0.1) is 5.82 Å². The molecule has 0 aliphatic carbocycles. The fourth-order valence-corrected chi connectivity index (χ4v) is 2.05. The summed E-state index contributed by atoms with van der Waals surface area (Å²) in [6, 6.07) is 6.19. The number of nitrogens with zero attached hydrogens (tertiary/aromatic N) is 1. The topological polar surface area (TPSA) is 50.9 Å². The lowest BCUT2D eigenvalue weighted by Gasteiger charge is -2.01. The Morgan fingerprint density at radius 2 is 2.06 bits per heavy atom. The van der Waals surface area contributed by atoms with Crippen molar-refractivity contribution in [2.24, 2.45) is 5.73 Å². The highest BCUT2D eigenvalue weighted by molar-refractivity contribution is 7.13. The van der Waals surface area contributed by atoms with Gasteiger partial charge in [0.1, 0.15) is 5.82 Å². The van der Waals surface area contributed by atoms with Crippen LogP contribution in [0.4, 0.5) is 15.2 Å². The van der Waals surface area contributed by atoms with E-state index in [1.165, 1.54) is 23.5 Å². The van der Waals surface area contributed by atoms with E-state index in [0.717, 1.165) is 22.9 Å². The lowest BCUT2D eigenvalue weighted by atomic mass is 10.3. The van der Waals surface area contributed by atoms with Gasteiger partial charge in [-0.3, -0.25) is 0 Å². The molecule has 1 heterocycles. The Kier molecular flexibility index (Phi) is 3.48. The molecule has 1 aromatic carbocycles. The van der Waals surface area contributed by atoms with Gasteiger partial charge in [0.2, 0.25) is 0 Å². The molecule has 0 amide bonds. The van der Waals surface area contributed by atoms with Crippen LogP contribution in [0.2, 0.25) is 0 Å². The molecule has 2 rings (SSSR count). The molecule has 5 heteroatoms. The summed E-state index contributed by atoms with van der Waals surface area (Å²) < 4.78 is 12.7. The largest absolute Gasteiger partial charge is 0.332 e. The van der Waals surface area contributed by atoms with Gasteiger partial charge in [0.05, 0.1) is 5.69 Å². The lowest BCUT2D eigenvalue weighted by Crippen LogP contribution is -2.02. The Balaban J connectivity index is 2.05. The van der Waals surface area contributed by atoms with Crippen molar-refractivity contribution in [2.45, 2.75) is 6.42 Å². The Bertz CT molecular complexity index is 453. The maximum atomic E-state index is 12.7. The van der Waals surface area contributed by atoms with Gasteiger partial charge in [0, 0.05) is 17.5 Å². The van der Waals surface area contributed by atoms with Gasteiger partial charge in [-0.15, -0.1) is 11.3 Å². The van der Waals surface area contributed by atoms with Crippen LogP contribution in [0.5, 0.6) is 0 Å². The van der Waals surface area contributed by atoms with Gasteiger partial charge in [0.25, 0.3) is 0 Å². The molecule has 3 N–H and O–H groups in total. The zero-order valence-corrected chi connectivity index (χ0v) is 9.43. The number of benzene rings is 1. The van der Waals surface area contributed by atoms with Crippen molar-refractivity contribution in [3.8, 4) is 0 Å². The molecule has 3 nitrogen and oxygen atoms in total. The summed E-state index contributed by atoms with van der Waals surface area (Å²) in [5, 5.41) is 5.88. The van der Waals surface area contributed by atoms with Gasteiger partial charge < -0.3 is 11.1 Å². The quantitative estimate of drug-likeness (QED) is 0.859. The van der Waals surface area contributed by atoms with Crippen LogP contribution < -0.4 is 11.1 Å².